The smallest absolute Gasteiger partial charge is 0.345 e. The van der Waals surface area contributed by atoms with Crippen molar-refractivity contribution >= 4 is 64.1 Å². The van der Waals surface area contributed by atoms with Crippen LogP contribution in [0.3, 0.4) is 0 Å². The third kappa shape index (κ3) is 5.91. The first kappa shape index (κ1) is 25.6. The summed E-state index contributed by atoms with van der Waals surface area (Å²) in [7, 11) is 0. The van der Waals surface area contributed by atoms with E-state index < -0.39 is 29.6 Å². The number of amides is 2. The average molecular weight is 524 g/mol. The monoisotopic (exact) mass is 523 g/mol. The fourth-order valence-corrected chi connectivity index (χ4v) is 4.24. The van der Waals surface area contributed by atoms with Gasteiger partial charge in [-0.05, 0) is 61.5 Å². The van der Waals surface area contributed by atoms with Gasteiger partial charge in [0.1, 0.15) is 6.54 Å². The topological polar surface area (TPSA) is 99.2 Å². The highest BCUT2D eigenvalue weighted by Crippen LogP contribution is 2.39. The third-order valence-corrected chi connectivity index (χ3v) is 5.90. The predicted molar refractivity (Wildman–Crippen MR) is 128 cm³/mol. The van der Waals surface area contributed by atoms with Gasteiger partial charge in [0.15, 0.2) is 11.5 Å². The molecule has 3 rings (SSSR count). The summed E-state index contributed by atoms with van der Waals surface area (Å²) < 4.78 is 15.8. The van der Waals surface area contributed by atoms with Crippen LogP contribution in [0, 0.1) is 0 Å². The highest BCUT2D eigenvalue weighted by Gasteiger charge is 2.36. The molecule has 0 atom stereocenters. The minimum atomic E-state index is -0.721. The minimum absolute atomic E-state index is 0.0130. The van der Waals surface area contributed by atoms with Crippen molar-refractivity contribution in [2.45, 2.75) is 13.8 Å². The predicted octanol–water partition coefficient (Wildman–Crippen LogP) is 5.21. The molecular weight excluding hydrogens is 505 g/mol. The number of hydrogen-bond acceptors (Lipinski definition) is 8. The summed E-state index contributed by atoms with van der Waals surface area (Å²) in [4.78, 5) is 50.0. The molecule has 1 fully saturated rings. The second-order valence-electron chi connectivity index (χ2n) is 6.71. The van der Waals surface area contributed by atoms with Gasteiger partial charge in [-0.2, -0.15) is 0 Å². The van der Waals surface area contributed by atoms with Crippen LogP contribution < -0.4 is 9.47 Å². The maximum Gasteiger partial charge on any atom is 0.345 e. The van der Waals surface area contributed by atoms with E-state index >= 15 is 0 Å². The molecule has 1 saturated heterocycles. The SMILES string of the molecule is CCOC(=O)CN1C(=O)S/C(=C\c2cc(Cl)c(OC(=O)c3ccccc3Cl)c(OCC)c2)C1=O. The molecule has 0 aliphatic carbocycles. The lowest BCUT2D eigenvalue weighted by Crippen LogP contribution is -2.34. The van der Waals surface area contributed by atoms with Crippen LogP contribution in [0.2, 0.25) is 10.0 Å². The molecule has 0 saturated carbocycles. The number of imide groups is 1. The molecule has 0 spiro atoms. The van der Waals surface area contributed by atoms with Crippen LogP contribution in [-0.4, -0.2) is 47.7 Å². The summed E-state index contributed by atoms with van der Waals surface area (Å²) in [6.45, 7) is 3.27. The van der Waals surface area contributed by atoms with E-state index in [0.717, 1.165) is 4.90 Å². The van der Waals surface area contributed by atoms with Crippen LogP contribution >= 0.6 is 35.0 Å². The van der Waals surface area contributed by atoms with E-state index in [1.807, 2.05) is 0 Å². The number of carbonyl (C=O) groups is 4. The number of carbonyl (C=O) groups excluding carboxylic acids is 4. The first-order valence-electron chi connectivity index (χ1n) is 10.1. The molecule has 1 aliphatic heterocycles. The van der Waals surface area contributed by atoms with E-state index in [0.29, 0.717) is 17.3 Å². The summed E-state index contributed by atoms with van der Waals surface area (Å²) in [5.41, 5.74) is 0.578. The van der Waals surface area contributed by atoms with Gasteiger partial charge in [-0.25, -0.2) is 4.79 Å². The van der Waals surface area contributed by atoms with Crippen LogP contribution in [0.25, 0.3) is 6.08 Å². The Labute approximate surface area is 209 Å². The van der Waals surface area contributed by atoms with E-state index in [4.69, 9.17) is 37.4 Å². The van der Waals surface area contributed by atoms with E-state index in [1.54, 1.807) is 32.0 Å². The van der Waals surface area contributed by atoms with Gasteiger partial charge in [0, 0.05) is 0 Å². The zero-order valence-electron chi connectivity index (χ0n) is 18.1. The molecule has 2 aromatic rings. The third-order valence-electron chi connectivity index (χ3n) is 4.38. The number of thioether (sulfide) groups is 1. The van der Waals surface area contributed by atoms with Gasteiger partial charge in [-0.3, -0.25) is 19.3 Å². The Kier molecular flexibility index (Phi) is 8.60. The Morgan fingerprint density at radius 3 is 2.47 bits per heavy atom. The number of benzene rings is 2. The Bertz CT molecular complexity index is 1180. The quantitative estimate of drug-likeness (QED) is 0.264. The van der Waals surface area contributed by atoms with E-state index in [-0.39, 0.29) is 45.2 Å². The summed E-state index contributed by atoms with van der Waals surface area (Å²) in [6, 6.07) is 9.37. The highest BCUT2D eigenvalue weighted by molar-refractivity contribution is 8.18. The molecule has 11 heteroatoms. The van der Waals surface area contributed by atoms with Crippen molar-refractivity contribution in [3.05, 3.63) is 62.5 Å². The molecule has 8 nitrogen and oxygen atoms in total. The summed E-state index contributed by atoms with van der Waals surface area (Å²) in [6.07, 6.45) is 1.43. The van der Waals surface area contributed by atoms with Crippen molar-refractivity contribution in [3.63, 3.8) is 0 Å². The number of rotatable bonds is 8. The number of ether oxygens (including phenoxy) is 3. The van der Waals surface area contributed by atoms with Gasteiger partial charge < -0.3 is 14.2 Å². The van der Waals surface area contributed by atoms with Crippen LogP contribution in [0.1, 0.15) is 29.8 Å². The van der Waals surface area contributed by atoms with Crippen molar-refractivity contribution in [2.24, 2.45) is 0 Å². The normalized spacial score (nSPS) is 14.5. The fraction of sp³-hybridized carbons (Fsp3) is 0.217. The molecule has 0 N–H and O–H groups in total. The Hall–Kier alpha value is -3.01. The lowest BCUT2D eigenvalue weighted by atomic mass is 10.1. The van der Waals surface area contributed by atoms with Crippen LogP contribution in [0.4, 0.5) is 4.79 Å². The van der Waals surface area contributed by atoms with E-state index in [2.05, 4.69) is 0 Å². The molecule has 1 heterocycles. The van der Waals surface area contributed by atoms with Crippen molar-refractivity contribution in [1.29, 1.82) is 0 Å². The molecule has 0 bridgehead atoms. The first-order valence-corrected chi connectivity index (χ1v) is 11.7. The second kappa shape index (κ2) is 11.4. The number of esters is 2. The standard InChI is InChI=1S/C23H19Cl2NO7S/c1-3-31-17-10-13(11-18-21(28)26(23(30)34-18)12-19(27)32-4-2)9-16(25)20(17)33-22(29)14-7-5-6-8-15(14)24/h5-11H,3-4,12H2,1-2H3/b18-11-. The molecular formula is C23H19Cl2NO7S. The molecule has 2 amide bonds. The number of hydrogen-bond donors (Lipinski definition) is 0. The van der Waals surface area contributed by atoms with Crippen molar-refractivity contribution in [1.82, 2.24) is 4.90 Å². The Morgan fingerprint density at radius 2 is 1.79 bits per heavy atom. The highest BCUT2D eigenvalue weighted by atomic mass is 35.5. The van der Waals surface area contributed by atoms with Crippen molar-refractivity contribution in [3.8, 4) is 11.5 Å². The lowest BCUT2D eigenvalue weighted by molar-refractivity contribution is -0.145. The molecule has 178 valence electrons. The number of halogens is 2. The van der Waals surface area contributed by atoms with E-state index in [9.17, 15) is 19.2 Å². The largest absolute Gasteiger partial charge is 0.490 e. The maximum atomic E-state index is 12.6. The van der Waals surface area contributed by atoms with Gasteiger partial charge in [0.2, 0.25) is 0 Å². The number of nitrogens with zero attached hydrogens (tertiary/aromatic N) is 1. The van der Waals surface area contributed by atoms with Crippen molar-refractivity contribution in [2.75, 3.05) is 19.8 Å². The van der Waals surface area contributed by atoms with Gasteiger partial charge in [0.25, 0.3) is 11.1 Å². The van der Waals surface area contributed by atoms with Gasteiger partial charge >= 0.3 is 11.9 Å². The summed E-state index contributed by atoms with van der Waals surface area (Å²) in [5.74, 6) is -1.89. The molecule has 2 aromatic carbocycles. The Morgan fingerprint density at radius 1 is 1.06 bits per heavy atom. The maximum absolute atomic E-state index is 12.6. The van der Waals surface area contributed by atoms with Crippen molar-refractivity contribution < 1.29 is 33.4 Å². The summed E-state index contributed by atoms with van der Waals surface area (Å²) >= 11 is 13.1. The molecule has 0 aromatic heterocycles. The van der Waals surface area contributed by atoms with Gasteiger partial charge in [-0.1, -0.05) is 35.3 Å². The molecule has 0 radical (unpaired) electrons. The molecule has 1 aliphatic rings. The Balaban J connectivity index is 1.88. The first-order chi connectivity index (χ1) is 16.2. The summed E-state index contributed by atoms with van der Waals surface area (Å²) in [5, 5.41) is -0.328. The second-order valence-corrected chi connectivity index (χ2v) is 8.51. The zero-order chi connectivity index (χ0) is 24.8. The lowest BCUT2D eigenvalue weighted by Gasteiger charge is -2.14. The van der Waals surface area contributed by atoms with Gasteiger partial charge in [0.05, 0.1) is 33.7 Å². The van der Waals surface area contributed by atoms with E-state index in [1.165, 1.54) is 24.3 Å². The zero-order valence-corrected chi connectivity index (χ0v) is 20.5. The van der Waals surface area contributed by atoms with Crippen LogP contribution in [0.15, 0.2) is 41.3 Å². The molecule has 0 unspecified atom stereocenters. The van der Waals surface area contributed by atoms with Crippen LogP contribution in [-0.2, 0) is 14.3 Å². The van der Waals surface area contributed by atoms with Crippen LogP contribution in [0.5, 0.6) is 11.5 Å². The molecule has 34 heavy (non-hydrogen) atoms. The minimum Gasteiger partial charge on any atom is -0.490 e. The fourth-order valence-electron chi connectivity index (χ4n) is 2.93. The van der Waals surface area contributed by atoms with Gasteiger partial charge in [-0.15, -0.1) is 0 Å². The average Bonchev–Trinajstić information content (AvgIpc) is 3.04.